The van der Waals surface area contributed by atoms with Crippen LogP contribution in [0.5, 0.6) is 5.75 Å². The molecule has 0 spiro atoms. The maximum Gasteiger partial charge on any atom is 0.129 e. The molecule has 0 aliphatic heterocycles. The molecule has 2 aromatic carbocycles. The largest absolute Gasteiger partial charge is 0.496 e. The molecule has 1 unspecified atom stereocenters. The molecule has 1 N–H and O–H groups in total. The van der Waals surface area contributed by atoms with Gasteiger partial charge in [0.15, 0.2) is 0 Å². The van der Waals surface area contributed by atoms with Gasteiger partial charge in [-0.1, -0.05) is 18.2 Å². The summed E-state index contributed by atoms with van der Waals surface area (Å²) in [6.07, 6.45) is 0. The van der Waals surface area contributed by atoms with Crippen molar-refractivity contribution in [2.24, 2.45) is 0 Å². The van der Waals surface area contributed by atoms with Gasteiger partial charge in [0.05, 0.1) is 7.11 Å². The lowest BCUT2D eigenvalue weighted by Crippen LogP contribution is -2.25. The highest BCUT2D eigenvalue weighted by molar-refractivity contribution is 5.44. The van der Waals surface area contributed by atoms with E-state index in [9.17, 15) is 13.9 Å². The van der Waals surface area contributed by atoms with E-state index in [1.54, 1.807) is 24.3 Å². The van der Waals surface area contributed by atoms with Crippen LogP contribution in [0, 0.1) is 11.6 Å². The maximum absolute atomic E-state index is 13.8. The Morgan fingerprint density at radius 1 is 1.05 bits per heavy atom. The van der Waals surface area contributed by atoms with Crippen molar-refractivity contribution in [2.75, 3.05) is 7.11 Å². The molecule has 2 rings (SSSR count). The van der Waals surface area contributed by atoms with Crippen LogP contribution < -0.4 is 4.74 Å². The van der Waals surface area contributed by atoms with Crippen molar-refractivity contribution in [1.82, 2.24) is 0 Å². The molecule has 0 radical (unpaired) electrons. The van der Waals surface area contributed by atoms with Crippen LogP contribution in [0.15, 0.2) is 42.5 Å². The molecule has 2 nitrogen and oxygen atoms in total. The van der Waals surface area contributed by atoms with Crippen molar-refractivity contribution in [1.29, 1.82) is 0 Å². The van der Waals surface area contributed by atoms with E-state index in [1.807, 2.05) is 0 Å². The highest BCUT2D eigenvalue weighted by atomic mass is 19.1. The quantitative estimate of drug-likeness (QED) is 0.922. The van der Waals surface area contributed by atoms with Crippen LogP contribution in [-0.4, -0.2) is 12.2 Å². The first kappa shape index (κ1) is 13.5. The standard InChI is InChI=1S/C15H14F2O2/c1-15(18,11-5-3-4-6-14(11)19-2)12-9-10(16)7-8-13(12)17/h3-9,18H,1-2H3. The molecule has 0 aliphatic carbocycles. The molecule has 0 heterocycles. The van der Waals surface area contributed by atoms with Gasteiger partial charge in [0, 0.05) is 11.1 Å². The average Bonchev–Trinajstić information content (AvgIpc) is 2.41. The van der Waals surface area contributed by atoms with Crippen molar-refractivity contribution in [2.45, 2.75) is 12.5 Å². The summed E-state index contributed by atoms with van der Waals surface area (Å²) >= 11 is 0. The summed E-state index contributed by atoms with van der Waals surface area (Å²) in [6, 6.07) is 9.70. The molecule has 1 atom stereocenters. The molecule has 0 aromatic heterocycles. The van der Waals surface area contributed by atoms with Crippen molar-refractivity contribution in [3.05, 3.63) is 65.2 Å². The molecule has 0 saturated heterocycles. The summed E-state index contributed by atoms with van der Waals surface area (Å²) in [5.41, 5.74) is -1.43. The topological polar surface area (TPSA) is 29.5 Å². The molecule has 0 amide bonds. The van der Waals surface area contributed by atoms with E-state index in [1.165, 1.54) is 14.0 Å². The van der Waals surface area contributed by atoms with Crippen LogP contribution in [0.3, 0.4) is 0 Å². The summed E-state index contributed by atoms with van der Waals surface area (Å²) in [7, 11) is 1.46. The van der Waals surface area contributed by atoms with Gasteiger partial charge in [0.2, 0.25) is 0 Å². The summed E-state index contributed by atoms with van der Waals surface area (Å²) in [5, 5.41) is 10.6. The van der Waals surface area contributed by atoms with Gasteiger partial charge in [-0.3, -0.25) is 0 Å². The monoisotopic (exact) mass is 264 g/mol. The number of hydrogen-bond donors (Lipinski definition) is 1. The fourth-order valence-corrected chi connectivity index (χ4v) is 2.06. The Morgan fingerprint density at radius 2 is 1.74 bits per heavy atom. The van der Waals surface area contributed by atoms with Crippen LogP contribution in [0.1, 0.15) is 18.1 Å². The fraction of sp³-hybridized carbons (Fsp3) is 0.200. The lowest BCUT2D eigenvalue weighted by atomic mass is 9.87. The van der Waals surface area contributed by atoms with Crippen LogP contribution in [-0.2, 0) is 5.60 Å². The third kappa shape index (κ3) is 2.44. The number of para-hydroxylation sites is 1. The minimum absolute atomic E-state index is 0.128. The predicted molar refractivity (Wildman–Crippen MR) is 68.0 cm³/mol. The highest BCUT2D eigenvalue weighted by Gasteiger charge is 2.31. The lowest BCUT2D eigenvalue weighted by molar-refractivity contribution is 0.0944. The van der Waals surface area contributed by atoms with Gasteiger partial charge in [-0.15, -0.1) is 0 Å². The molecule has 4 heteroatoms. The molecular formula is C15H14F2O2. The number of benzene rings is 2. The van der Waals surface area contributed by atoms with Gasteiger partial charge in [-0.2, -0.15) is 0 Å². The van der Waals surface area contributed by atoms with Crippen molar-refractivity contribution >= 4 is 0 Å². The molecule has 0 bridgehead atoms. The number of methoxy groups -OCH3 is 1. The molecule has 0 aliphatic rings. The first-order valence-electron chi connectivity index (χ1n) is 5.78. The Kier molecular flexibility index (Phi) is 3.53. The zero-order valence-corrected chi connectivity index (χ0v) is 10.7. The number of aliphatic hydroxyl groups is 1. The Balaban J connectivity index is 2.61. The number of ether oxygens (including phenoxy) is 1. The molecule has 0 saturated carbocycles. The van der Waals surface area contributed by atoms with E-state index in [0.717, 1.165) is 18.2 Å². The van der Waals surface area contributed by atoms with E-state index in [0.29, 0.717) is 11.3 Å². The van der Waals surface area contributed by atoms with Gasteiger partial charge >= 0.3 is 0 Å². The summed E-state index contributed by atoms with van der Waals surface area (Å²) < 4.78 is 32.2. The summed E-state index contributed by atoms with van der Waals surface area (Å²) in [4.78, 5) is 0. The van der Waals surface area contributed by atoms with Crippen LogP contribution in [0.25, 0.3) is 0 Å². The molecule has 0 fully saturated rings. The Hall–Kier alpha value is -1.94. The second kappa shape index (κ2) is 4.97. The molecule has 19 heavy (non-hydrogen) atoms. The van der Waals surface area contributed by atoms with E-state index in [4.69, 9.17) is 4.74 Å². The van der Waals surface area contributed by atoms with E-state index in [2.05, 4.69) is 0 Å². The predicted octanol–water partition coefficient (Wildman–Crippen LogP) is 3.23. The van der Waals surface area contributed by atoms with Crippen molar-refractivity contribution in [3.63, 3.8) is 0 Å². The van der Waals surface area contributed by atoms with Gasteiger partial charge in [-0.25, -0.2) is 8.78 Å². The van der Waals surface area contributed by atoms with Crippen molar-refractivity contribution in [3.8, 4) is 5.75 Å². The average molecular weight is 264 g/mol. The Bertz CT molecular complexity index is 594. The van der Waals surface area contributed by atoms with E-state index in [-0.39, 0.29) is 5.56 Å². The molecule has 100 valence electrons. The second-order valence-electron chi connectivity index (χ2n) is 4.40. The van der Waals surface area contributed by atoms with Crippen LogP contribution >= 0.6 is 0 Å². The number of rotatable bonds is 3. The molecule has 2 aromatic rings. The molecular weight excluding hydrogens is 250 g/mol. The minimum atomic E-state index is -1.68. The zero-order valence-electron chi connectivity index (χ0n) is 10.7. The SMILES string of the molecule is COc1ccccc1C(C)(O)c1cc(F)ccc1F. The fourth-order valence-electron chi connectivity index (χ4n) is 2.06. The smallest absolute Gasteiger partial charge is 0.129 e. The normalized spacial score (nSPS) is 13.9. The third-order valence-electron chi connectivity index (χ3n) is 3.08. The second-order valence-corrected chi connectivity index (χ2v) is 4.40. The number of halogens is 2. The summed E-state index contributed by atoms with van der Waals surface area (Å²) in [6.45, 7) is 1.41. The van der Waals surface area contributed by atoms with E-state index < -0.39 is 17.2 Å². The lowest BCUT2D eigenvalue weighted by Gasteiger charge is -2.26. The zero-order chi connectivity index (χ0) is 14.0. The minimum Gasteiger partial charge on any atom is -0.496 e. The van der Waals surface area contributed by atoms with Gasteiger partial charge in [-0.05, 0) is 31.2 Å². The Labute approximate surface area is 110 Å². The third-order valence-corrected chi connectivity index (χ3v) is 3.08. The first-order chi connectivity index (χ1) is 8.96. The Morgan fingerprint density at radius 3 is 2.42 bits per heavy atom. The van der Waals surface area contributed by atoms with Gasteiger partial charge in [0.25, 0.3) is 0 Å². The maximum atomic E-state index is 13.8. The van der Waals surface area contributed by atoms with Crippen LogP contribution in [0.2, 0.25) is 0 Å². The highest BCUT2D eigenvalue weighted by Crippen LogP contribution is 2.36. The summed E-state index contributed by atoms with van der Waals surface area (Å²) in [5.74, 6) is -0.861. The van der Waals surface area contributed by atoms with E-state index >= 15 is 0 Å². The van der Waals surface area contributed by atoms with Gasteiger partial charge in [0.1, 0.15) is 23.0 Å². The number of hydrogen-bond acceptors (Lipinski definition) is 2. The van der Waals surface area contributed by atoms with Crippen LogP contribution in [0.4, 0.5) is 8.78 Å². The first-order valence-corrected chi connectivity index (χ1v) is 5.78. The van der Waals surface area contributed by atoms with Gasteiger partial charge < -0.3 is 9.84 Å². The van der Waals surface area contributed by atoms with Crippen molar-refractivity contribution < 1.29 is 18.6 Å².